The molecule has 3 aromatic rings. The van der Waals surface area contributed by atoms with Crippen LogP contribution in [0.3, 0.4) is 0 Å². The minimum absolute atomic E-state index is 0.854. The molecule has 2 aromatic heterocycles. The molecule has 4 nitrogen and oxygen atoms in total. The van der Waals surface area contributed by atoms with Crippen molar-refractivity contribution in [2.24, 2.45) is 0 Å². The number of aromatic nitrogens is 3. The zero-order valence-electron chi connectivity index (χ0n) is 11.3. The fourth-order valence-corrected chi connectivity index (χ4v) is 2.45. The number of aromatic amines is 1. The van der Waals surface area contributed by atoms with Crippen LogP contribution in [0, 0.1) is 0 Å². The Balaban J connectivity index is 2.07. The molecule has 0 aliphatic heterocycles. The van der Waals surface area contributed by atoms with E-state index in [0.29, 0.717) is 0 Å². The number of para-hydroxylation sites is 1. The van der Waals surface area contributed by atoms with Gasteiger partial charge in [-0.25, -0.2) is 4.98 Å². The average molecular weight is 254 g/mol. The molecule has 2 heterocycles. The molecule has 0 unspecified atom stereocenters. The molecule has 1 aromatic carbocycles. The van der Waals surface area contributed by atoms with Gasteiger partial charge in [-0.05, 0) is 20.2 Å². The Morgan fingerprint density at radius 1 is 1.26 bits per heavy atom. The number of imidazole rings is 1. The normalized spacial score (nSPS) is 11.5. The van der Waals surface area contributed by atoms with E-state index in [1.54, 1.807) is 0 Å². The maximum absolute atomic E-state index is 4.12. The van der Waals surface area contributed by atoms with Gasteiger partial charge in [0, 0.05) is 41.1 Å². The molecule has 19 heavy (non-hydrogen) atoms. The number of fused-ring (bicyclic) bond motifs is 1. The van der Waals surface area contributed by atoms with Gasteiger partial charge in [0.05, 0.1) is 12.9 Å². The quantitative estimate of drug-likeness (QED) is 0.776. The van der Waals surface area contributed by atoms with Crippen molar-refractivity contribution < 1.29 is 0 Å². The third-order valence-electron chi connectivity index (χ3n) is 3.28. The van der Waals surface area contributed by atoms with E-state index < -0.39 is 0 Å². The summed E-state index contributed by atoms with van der Waals surface area (Å²) in [5.41, 5.74) is 3.83. The topological polar surface area (TPSA) is 36.9 Å². The van der Waals surface area contributed by atoms with Crippen molar-refractivity contribution in [2.45, 2.75) is 13.1 Å². The molecular weight excluding hydrogens is 236 g/mol. The number of benzene rings is 1. The molecule has 0 radical (unpaired) electrons. The van der Waals surface area contributed by atoms with Crippen LogP contribution in [0.4, 0.5) is 0 Å². The predicted molar refractivity (Wildman–Crippen MR) is 77.0 cm³/mol. The van der Waals surface area contributed by atoms with Gasteiger partial charge < -0.3 is 14.5 Å². The first-order valence-corrected chi connectivity index (χ1v) is 6.43. The van der Waals surface area contributed by atoms with Gasteiger partial charge in [0.15, 0.2) is 0 Å². The number of nitrogens with zero attached hydrogens (tertiary/aromatic N) is 3. The summed E-state index contributed by atoms with van der Waals surface area (Å²) in [4.78, 5) is 9.83. The van der Waals surface area contributed by atoms with Crippen LogP contribution >= 0.6 is 0 Å². The van der Waals surface area contributed by atoms with Crippen molar-refractivity contribution in [3.05, 3.63) is 54.2 Å². The number of H-pyrrole nitrogens is 1. The van der Waals surface area contributed by atoms with E-state index in [-0.39, 0.29) is 0 Å². The first kappa shape index (κ1) is 12.0. The van der Waals surface area contributed by atoms with Gasteiger partial charge in [0.1, 0.15) is 0 Å². The van der Waals surface area contributed by atoms with Crippen molar-refractivity contribution in [1.29, 1.82) is 0 Å². The van der Waals surface area contributed by atoms with E-state index >= 15 is 0 Å². The lowest BCUT2D eigenvalue weighted by atomic mass is 10.1. The Kier molecular flexibility index (Phi) is 3.09. The van der Waals surface area contributed by atoms with E-state index in [0.717, 1.165) is 13.1 Å². The molecular formula is C15H18N4. The molecule has 0 amide bonds. The van der Waals surface area contributed by atoms with E-state index in [1.807, 2.05) is 18.7 Å². The Morgan fingerprint density at radius 3 is 2.84 bits per heavy atom. The van der Waals surface area contributed by atoms with Crippen LogP contribution in [0.1, 0.15) is 11.3 Å². The Bertz CT molecular complexity index is 665. The van der Waals surface area contributed by atoms with Gasteiger partial charge in [-0.3, -0.25) is 0 Å². The number of nitrogens with one attached hydrogen (secondary N) is 1. The standard InChI is InChI=1S/C15H18N4/c1-18(2)10-15-13(9-19-8-7-16-11-19)12-5-3-4-6-14(12)17-15/h3-8,11,17H,9-10H2,1-2H3. The predicted octanol–water partition coefficient (Wildman–Crippen LogP) is 2.47. The molecule has 0 saturated heterocycles. The summed E-state index contributed by atoms with van der Waals surface area (Å²) in [6.07, 6.45) is 5.68. The minimum Gasteiger partial charge on any atom is -0.357 e. The second kappa shape index (κ2) is 4.90. The third-order valence-corrected chi connectivity index (χ3v) is 3.28. The summed E-state index contributed by atoms with van der Waals surface area (Å²) < 4.78 is 2.11. The lowest BCUT2D eigenvalue weighted by Gasteiger charge is -2.11. The zero-order chi connectivity index (χ0) is 13.2. The lowest BCUT2D eigenvalue weighted by Crippen LogP contribution is -2.13. The van der Waals surface area contributed by atoms with Gasteiger partial charge in [0.25, 0.3) is 0 Å². The smallest absolute Gasteiger partial charge is 0.0949 e. The summed E-state index contributed by atoms with van der Waals surface area (Å²) in [6.45, 7) is 1.77. The van der Waals surface area contributed by atoms with Crippen LogP contribution in [0.2, 0.25) is 0 Å². The van der Waals surface area contributed by atoms with Gasteiger partial charge in [-0.15, -0.1) is 0 Å². The summed E-state index contributed by atoms with van der Waals surface area (Å²) in [5.74, 6) is 0. The highest BCUT2D eigenvalue weighted by atomic mass is 15.1. The summed E-state index contributed by atoms with van der Waals surface area (Å²) in [5, 5.41) is 1.30. The molecule has 0 spiro atoms. The second-order valence-corrected chi connectivity index (χ2v) is 5.10. The van der Waals surface area contributed by atoms with Crippen molar-refractivity contribution >= 4 is 10.9 Å². The molecule has 0 aliphatic rings. The third kappa shape index (κ3) is 2.39. The van der Waals surface area contributed by atoms with E-state index in [2.05, 4.69) is 57.8 Å². The van der Waals surface area contributed by atoms with Crippen molar-refractivity contribution in [3.63, 3.8) is 0 Å². The SMILES string of the molecule is CN(C)Cc1[nH]c2ccccc2c1Cn1ccnc1. The summed E-state index contributed by atoms with van der Waals surface area (Å²) >= 11 is 0. The Labute approximate surface area is 112 Å². The molecule has 0 saturated carbocycles. The van der Waals surface area contributed by atoms with Crippen molar-refractivity contribution in [1.82, 2.24) is 19.4 Å². The van der Waals surface area contributed by atoms with E-state index in [4.69, 9.17) is 0 Å². The second-order valence-electron chi connectivity index (χ2n) is 5.10. The van der Waals surface area contributed by atoms with Gasteiger partial charge >= 0.3 is 0 Å². The first-order chi connectivity index (χ1) is 9.24. The minimum atomic E-state index is 0.854. The molecule has 4 heteroatoms. The average Bonchev–Trinajstić information content (AvgIpc) is 2.99. The molecule has 1 N–H and O–H groups in total. The maximum Gasteiger partial charge on any atom is 0.0949 e. The fraction of sp³-hybridized carbons (Fsp3) is 0.267. The monoisotopic (exact) mass is 254 g/mol. The van der Waals surface area contributed by atoms with Gasteiger partial charge in [-0.2, -0.15) is 0 Å². The van der Waals surface area contributed by atoms with Crippen LogP contribution in [0.5, 0.6) is 0 Å². The molecule has 0 fully saturated rings. The van der Waals surface area contributed by atoms with Crippen molar-refractivity contribution in [3.8, 4) is 0 Å². The van der Waals surface area contributed by atoms with Crippen LogP contribution in [0.15, 0.2) is 43.0 Å². The molecule has 0 aliphatic carbocycles. The molecule has 0 atom stereocenters. The molecule has 0 bridgehead atoms. The van der Waals surface area contributed by atoms with Crippen LogP contribution < -0.4 is 0 Å². The van der Waals surface area contributed by atoms with Gasteiger partial charge in [-0.1, -0.05) is 18.2 Å². The highest BCUT2D eigenvalue weighted by molar-refractivity contribution is 5.84. The lowest BCUT2D eigenvalue weighted by molar-refractivity contribution is 0.396. The largest absolute Gasteiger partial charge is 0.357 e. The zero-order valence-corrected chi connectivity index (χ0v) is 11.3. The van der Waals surface area contributed by atoms with E-state index in [1.165, 1.54) is 22.2 Å². The highest BCUT2D eigenvalue weighted by Gasteiger charge is 2.12. The van der Waals surface area contributed by atoms with E-state index in [9.17, 15) is 0 Å². The summed E-state index contributed by atoms with van der Waals surface area (Å²) in [7, 11) is 4.18. The molecule has 3 rings (SSSR count). The Hall–Kier alpha value is -2.07. The highest BCUT2D eigenvalue weighted by Crippen LogP contribution is 2.24. The van der Waals surface area contributed by atoms with Crippen LogP contribution in [-0.4, -0.2) is 33.5 Å². The maximum atomic E-state index is 4.12. The molecule has 98 valence electrons. The number of hydrogen-bond donors (Lipinski definition) is 1. The number of rotatable bonds is 4. The van der Waals surface area contributed by atoms with Crippen molar-refractivity contribution in [2.75, 3.05) is 14.1 Å². The summed E-state index contributed by atoms with van der Waals surface area (Å²) in [6, 6.07) is 8.47. The van der Waals surface area contributed by atoms with Crippen LogP contribution in [-0.2, 0) is 13.1 Å². The van der Waals surface area contributed by atoms with Crippen LogP contribution in [0.25, 0.3) is 10.9 Å². The first-order valence-electron chi connectivity index (χ1n) is 6.43. The van der Waals surface area contributed by atoms with Gasteiger partial charge in [0.2, 0.25) is 0 Å². The Morgan fingerprint density at radius 2 is 2.11 bits per heavy atom. The number of hydrogen-bond acceptors (Lipinski definition) is 2. The fourth-order valence-electron chi connectivity index (χ4n) is 2.45.